The van der Waals surface area contributed by atoms with Crippen LogP contribution in [0, 0.1) is 6.92 Å². The minimum Gasteiger partial charge on any atom is -0.325 e. The molecule has 0 aliphatic rings. The van der Waals surface area contributed by atoms with Crippen molar-refractivity contribution in [3.63, 3.8) is 0 Å². The maximum Gasteiger partial charge on any atom is 0.272 e. The summed E-state index contributed by atoms with van der Waals surface area (Å²) in [6.07, 6.45) is 0. The number of nitrogens with zero attached hydrogens (tertiary/aromatic N) is 2. The summed E-state index contributed by atoms with van der Waals surface area (Å²) in [5.74, 6) is 0. The normalized spacial score (nSPS) is 11.1. The van der Waals surface area contributed by atoms with E-state index >= 15 is 0 Å². The van der Waals surface area contributed by atoms with Crippen LogP contribution in [-0.2, 0) is 6.54 Å². The van der Waals surface area contributed by atoms with Crippen molar-refractivity contribution < 1.29 is 0 Å². The number of nitrogens with two attached hydrogens (primary N) is 1. The topological polar surface area (TPSA) is 76.2 Å². The summed E-state index contributed by atoms with van der Waals surface area (Å²) in [7, 11) is 0. The largest absolute Gasteiger partial charge is 0.325 e. The number of hydrogen-bond acceptors (Lipinski definition) is 3. The van der Waals surface area contributed by atoms with Crippen LogP contribution in [0.25, 0.3) is 16.9 Å². The molecule has 96 valence electrons. The van der Waals surface area contributed by atoms with Gasteiger partial charge in [0.25, 0.3) is 5.56 Å². The summed E-state index contributed by atoms with van der Waals surface area (Å²) >= 11 is 0. The molecule has 1 aromatic carbocycles. The second-order valence-corrected chi connectivity index (χ2v) is 4.47. The highest BCUT2D eigenvalue weighted by Crippen LogP contribution is 2.21. The van der Waals surface area contributed by atoms with Crippen molar-refractivity contribution in [2.45, 2.75) is 13.5 Å². The maximum atomic E-state index is 11.9. The van der Waals surface area contributed by atoms with E-state index in [1.54, 1.807) is 0 Å². The van der Waals surface area contributed by atoms with E-state index in [4.69, 9.17) is 5.73 Å². The fraction of sp³-hybridized carbons (Fsp3) is 0.143. The van der Waals surface area contributed by atoms with Crippen molar-refractivity contribution in [1.82, 2.24) is 14.6 Å². The predicted octanol–water partition coefficient (Wildman–Crippen LogP) is 1.46. The molecular weight excluding hydrogens is 240 g/mol. The number of benzene rings is 1. The fourth-order valence-electron chi connectivity index (χ4n) is 2.16. The van der Waals surface area contributed by atoms with E-state index in [2.05, 4.69) is 10.1 Å². The van der Waals surface area contributed by atoms with E-state index in [0.717, 1.165) is 16.8 Å². The van der Waals surface area contributed by atoms with Gasteiger partial charge in [0.2, 0.25) is 0 Å². The quantitative estimate of drug-likeness (QED) is 0.726. The molecule has 0 radical (unpaired) electrons. The van der Waals surface area contributed by atoms with Crippen molar-refractivity contribution in [2.75, 3.05) is 0 Å². The minimum atomic E-state index is -0.148. The summed E-state index contributed by atoms with van der Waals surface area (Å²) in [5, 5.41) is 3.07. The first-order valence-corrected chi connectivity index (χ1v) is 6.07. The smallest absolute Gasteiger partial charge is 0.272 e. The molecule has 0 fully saturated rings. The third kappa shape index (κ3) is 1.94. The Morgan fingerprint density at radius 3 is 2.84 bits per heavy atom. The summed E-state index contributed by atoms with van der Waals surface area (Å²) in [6.45, 7) is 2.29. The van der Waals surface area contributed by atoms with E-state index in [9.17, 15) is 4.79 Å². The van der Waals surface area contributed by atoms with Crippen LogP contribution >= 0.6 is 0 Å². The second kappa shape index (κ2) is 4.37. The van der Waals surface area contributed by atoms with Gasteiger partial charge in [-0.2, -0.15) is 0 Å². The van der Waals surface area contributed by atoms with Gasteiger partial charge in [0.05, 0.1) is 11.4 Å². The summed E-state index contributed by atoms with van der Waals surface area (Å²) in [5.41, 5.74) is 9.64. The van der Waals surface area contributed by atoms with Crippen LogP contribution in [0.1, 0.15) is 11.3 Å². The number of aromatic amines is 1. The molecule has 3 rings (SSSR count). The van der Waals surface area contributed by atoms with Crippen LogP contribution in [-0.4, -0.2) is 14.6 Å². The highest BCUT2D eigenvalue weighted by Gasteiger charge is 2.08. The maximum absolute atomic E-state index is 11.9. The zero-order valence-electron chi connectivity index (χ0n) is 10.6. The molecular formula is C14H14N4O. The van der Waals surface area contributed by atoms with Gasteiger partial charge in [-0.25, -0.2) is 9.50 Å². The first-order chi connectivity index (χ1) is 9.19. The number of hydrogen-bond donors (Lipinski definition) is 2. The average Bonchev–Trinajstić information content (AvgIpc) is 2.83. The zero-order valence-corrected chi connectivity index (χ0v) is 10.6. The molecule has 2 heterocycles. The Bertz CT molecular complexity index is 801. The third-order valence-corrected chi connectivity index (χ3v) is 3.15. The van der Waals surface area contributed by atoms with Crippen molar-refractivity contribution >= 4 is 5.65 Å². The van der Waals surface area contributed by atoms with Crippen LogP contribution in [0.3, 0.4) is 0 Å². The van der Waals surface area contributed by atoms with Crippen molar-refractivity contribution in [1.29, 1.82) is 0 Å². The number of aryl methyl sites for hydroxylation is 1. The highest BCUT2D eigenvalue weighted by atomic mass is 16.1. The van der Waals surface area contributed by atoms with E-state index in [1.807, 2.05) is 37.3 Å². The van der Waals surface area contributed by atoms with Gasteiger partial charge in [-0.15, -0.1) is 0 Å². The van der Waals surface area contributed by atoms with Crippen molar-refractivity contribution in [3.05, 3.63) is 58.0 Å². The van der Waals surface area contributed by atoms with Gasteiger partial charge < -0.3 is 5.73 Å². The van der Waals surface area contributed by atoms with Crippen LogP contribution < -0.4 is 11.3 Å². The number of nitrogens with one attached hydrogen (secondary N) is 1. The lowest BCUT2D eigenvalue weighted by Crippen LogP contribution is -2.16. The second-order valence-electron chi connectivity index (χ2n) is 4.47. The Morgan fingerprint density at radius 1 is 1.32 bits per heavy atom. The molecule has 0 saturated heterocycles. The van der Waals surface area contributed by atoms with Crippen LogP contribution in [0.15, 0.2) is 41.2 Å². The molecule has 2 aromatic heterocycles. The van der Waals surface area contributed by atoms with Crippen LogP contribution in [0.5, 0.6) is 0 Å². The van der Waals surface area contributed by atoms with Gasteiger partial charge in [-0.1, -0.05) is 24.3 Å². The first kappa shape index (κ1) is 11.7. The minimum absolute atomic E-state index is 0.148. The van der Waals surface area contributed by atoms with E-state index in [0.29, 0.717) is 11.3 Å². The SMILES string of the molecule is Cc1ccccc1-c1cc2nc(CN)cc(=O)n2[nH]1. The van der Waals surface area contributed by atoms with E-state index < -0.39 is 0 Å². The number of rotatable bonds is 2. The Morgan fingerprint density at radius 2 is 2.11 bits per heavy atom. The predicted molar refractivity (Wildman–Crippen MR) is 73.9 cm³/mol. The summed E-state index contributed by atoms with van der Waals surface area (Å²) < 4.78 is 1.43. The molecule has 0 aliphatic heterocycles. The van der Waals surface area contributed by atoms with Gasteiger partial charge >= 0.3 is 0 Å². The van der Waals surface area contributed by atoms with Crippen LogP contribution in [0.4, 0.5) is 0 Å². The molecule has 19 heavy (non-hydrogen) atoms. The molecule has 5 nitrogen and oxygen atoms in total. The van der Waals surface area contributed by atoms with E-state index in [-0.39, 0.29) is 12.1 Å². The molecule has 3 N–H and O–H groups in total. The molecule has 0 spiro atoms. The molecule has 0 aliphatic carbocycles. The van der Waals surface area contributed by atoms with Gasteiger partial charge in [0.15, 0.2) is 5.65 Å². The van der Waals surface area contributed by atoms with Crippen molar-refractivity contribution in [2.24, 2.45) is 5.73 Å². The molecule has 0 atom stereocenters. The van der Waals surface area contributed by atoms with Crippen molar-refractivity contribution in [3.8, 4) is 11.3 Å². The number of fused-ring (bicyclic) bond motifs is 1. The standard InChI is InChI=1S/C14H14N4O/c1-9-4-2-3-5-11(9)12-7-13-16-10(8-15)6-14(19)18(13)17-12/h2-7,17H,8,15H2,1H3. The fourth-order valence-corrected chi connectivity index (χ4v) is 2.16. The Hall–Kier alpha value is -2.40. The first-order valence-electron chi connectivity index (χ1n) is 6.07. The molecule has 3 aromatic rings. The Kier molecular flexibility index (Phi) is 2.68. The Balaban J connectivity index is 2.25. The Labute approximate surface area is 109 Å². The monoisotopic (exact) mass is 254 g/mol. The van der Waals surface area contributed by atoms with Gasteiger partial charge in [0, 0.05) is 24.2 Å². The molecule has 0 bridgehead atoms. The van der Waals surface area contributed by atoms with E-state index in [1.165, 1.54) is 10.6 Å². The van der Waals surface area contributed by atoms with Gasteiger partial charge in [-0.05, 0) is 12.5 Å². The summed E-state index contributed by atoms with van der Waals surface area (Å²) in [4.78, 5) is 16.3. The summed E-state index contributed by atoms with van der Waals surface area (Å²) in [6, 6.07) is 11.3. The lowest BCUT2D eigenvalue weighted by Gasteiger charge is -2.01. The number of H-pyrrole nitrogens is 1. The highest BCUT2D eigenvalue weighted by molar-refractivity contribution is 5.67. The van der Waals surface area contributed by atoms with Gasteiger partial charge in [-0.3, -0.25) is 9.89 Å². The lowest BCUT2D eigenvalue weighted by atomic mass is 10.1. The van der Waals surface area contributed by atoms with Crippen LogP contribution in [0.2, 0.25) is 0 Å². The zero-order chi connectivity index (χ0) is 13.4. The molecule has 0 unspecified atom stereocenters. The lowest BCUT2D eigenvalue weighted by molar-refractivity contribution is 0.872. The average molecular weight is 254 g/mol. The van der Waals surface area contributed by atoms with Gasteiger partial charge in [0.1, 0.15) is 0 Å². The third-order valence-electron chi connectivity index (χ3n) is 3.15. The molecule has 0 saturated carbocycles. The number of aromatic nitrogens is 3. The molecule has 5 heteroatoms. The molecule has 0 amide bonds.